The maximum absolute atomic E-state index is 13.1. The Kier molecular flexibility index (Phi) is 5.36. The topological polar surface area (TPSA) is 85.1 Å². The first-order valence-corrected chi connectivity index (χ1v) is 9.55. The molecule has 0 aliphatic heterocycles. The minimum absolute atomic E-state index is 0.0336. The van der Waals surface area contributed by atoms with Gasteiger partial charge in [-0.05, 0) is 55.0 Å². The van der Waals surface area contributed by atoms with E-state index in [1.54, 1.807) is 24.3 Å². The third kappa shape index (κ3) is 4.27. The van der Waals surface area contributed by atoms with Crippen molar-refractivity contribution in [2.75, 3.05) is 6.54 Å². The van der Waals surface area contributed by atoms with Crippen molar-refractivity contribution in [3.63, 3.8) is 0 Å². The van der Waals surface area contributed by atoms with Crippen LogP contribution in [0.4, 0.5) is 4.39 Å². The summed E-state index contributed by atoms with van der Waals surface area (Å²) in [5.41, 5.74) is 1.05. The summed E-state index contributed by atoms with van der Waals surface area (Å²) in [6.07, 6.45) is 0.222. The van der Waals surface area contributed by atoms with Crippen molar-refractivity contribution in [1.82, 2.24) is 14.9 Å². The zero-order valence-electron chi connectivity index (χ0n) is 13.7. The fourth-order valence-electron chi connectivity index (χ4n) is 2.35. The number of hydrogen-bond donors (Lipinski definition) is 1. The highest BCUT2D eigenvalue weighted by Crippen LogP contribution is 2.20. The molecule has 0 spiro atoms. The molecule has 0 atom stereocenters. The van der Waals surface area contributed by atoms with E-state index in [0.29, 0.717) is 22.4 Å². The Bertz CT molecular complexity index is 1020. The van der Waals surface area contributed by atoms with Gasteiger partial charge in [-0.15, -0.1) is 10.2 Å². The van der Waals surface area contributed by atoms with Crippen LogP contribution in [0.3, 0.4) is 0 Å². The zero-order chi connectivity index (χ0) is 18.7. The van der Waals surface area contributed by atoms with Crippen molar-refractivity contribution < 1.29 is 17.2 Å². The van der Waals surface area contributed by atoms with Crippen LogP contribution in [0.2, 0.25) is 5.02 Å². The molecule has 0 saturated heterocycles. The molecule has 0 aliphatic carbocycles. The van der Waals surface area contributed by atoms with Crippen molar-refractivity contribution in [1.29, 1.82) is 0 Å². The molecule has 1 aromatic heterocycles. The Hall–Kier alpha value is -2.29. The number of nitrogens with one attached hydrogen (secondary N) is 1. The Morgan fingerprint density at radius 1 is 1.15 bits per heavy atom. The fourth-order valence-corrected chi connectivity index (χ4v) is 3.73. The number of nitrogens with zero attached hydrogens (tertiary/aromatic N) is 2. The minimum Gasteiger partial charge on any atom is -0.421 e. The number of benzene rings is 2. The number of aromatic nitrogens is 2. The van der Waals surface area contributed by atoms with Crippen molar-refractivity contribution in [2.45, 2.75) is 18.2 Å². The van der Waals surface area contributed by atoms with E-state index in [9.17, 15) is 12.8 Å². The summed E-state index contributed by atoms with van der Waals surface area (Å²) < 4.78 is 45.7. The second kappa shape index (κ2) is 7.53. The second-order valence-electron chi connectivity index (χ2n) is 5.57. The molecule has 0 saturated carbocycles. The predicted octanol–water partition coefficient (Wildman–Crippen LogP) is 3.36. The average Bonchev–Trinajstić information content (AvgIpc) is 3.04. The molecular formula is C17H15ClFN3O3S. The summed E-state index contributed by atoms with van der Waals surface area (Å²) in [6.45, 7) is 1.61. The molecule has 0 fully saturated rings. The monoisotopic (exact) mass is 395 g/mol. The predicted molar refractivity (Wildman–Crippen MR) is 94.8 cm³/mol. The van der Waals surface area contributed by atoms with Gasteiger partial charge in [-0.3, -0.25) is 0 Å². The highest BCUT2D eigenvalue weighted by molar-refractivity contribution is 7.89. The molecule has 2 aromatic carbocycles. The van der Waals surface area contributed by atoms with Gasteiger partial charge in [0.05, 0.1) is 4.90 Å². The molecule has 3 aromatic rings. The van der Waals surface area contributed by atoms with Crippen LogP contribution in [0.5, 0.6) is 0 Å². The summed E-state index contributed by atoms with van der Waals surface area (Å²) in [5.74, 6) is 0.143. The van der Waals surface area contributed by atoms with E-state index >= 15 is 0 Å². The van der Waals surface area contributed by atoms with Crippen LogP contribution in [0.25, 0.3) is 11.5 Å². The van der Waals surface area contributed by atoms with Crippen LogP contribution >= 0.6 is 11.6 Å². The first-order chi connectivity index (χ1) is 12.3. The number of halogens is 2. The van der Waals surface area contributed by atoms with Gasteiger partial charge in [0.2, 0.25) is 21.8 Å². The van der Waals surface area contributed by atoms with Gasteiger partial charge in [-0.2, -0.15) is 0 Å². The zero-order valence-corrected chi connectivity index (χ0v) is 15.3. The van der Waals surface area contributed by atoms with Gasteiger partial charge >= 0.3 is 0 Å². The van der Waals surface area contributed by atoms with Gasteiger partial charge in [0.25, 0.3) is 0 Å². The Morgan fingerprint density at radius 3 is 2.58 bits per heavy atom. The fraction of sp³-hybridized carbons (Fsp3) is 0.176. The summed E-state index contributed by atoms with van der Waals surface area (Å²) in [6, 6.07) is 10.4. The normalized spacial score (nSPS) is 11.7. The molecule has 0 unspecified atom stereocenters. The van der Waals surface area contributed by atoms with Crippen LogP contribution in [-0.4, -0.2) is 25.2 Å². The van der Waals surface area contributed by atoms with E-state index in [0.717, 1.165) is 11.6 Å². The molecule has 0 radical (unpaired) electrons. The first kappa shape index (κ1) is 18.5. The summed E-state index contributed by atoms with van der Waals surface area (Å²) in [4.78, 5) is 0.0336. The van der Waals surface area contributed by atoms with E-state index in [4.69, 9.17) is 16.0 Å². The largest absolute Gasteiger partial charge is 0.421 e. The lowest BCUT2D eigenvalue weighted by molar-refractivity contribution is 0.502. The molecule has 0 amide bonds. The Balaban J connectivity index is 1.64. The maximum Gasteiger partial charge on any atom is 0.247 e. The molecule has 1 N–H and O–H groups in total. The van der Waals surface area contributed by atoms with Gasteiger partial charge in [-0.1, -0.05) is 11.6 Å². The summed E-state index contributed by atoms with van der Waals surface area (Å²) >= 11 is 5.83. The van der Waals surface area contributed by atoms with Gasteiger partial charge in [0.1, 0.15) is 5.82 Å². The number of sulfonamides is 1. The van der Waals surface area contributed by atoms with Gasteiger partial charge in [0, 0.05) is 23.6 Å². The lowest BCUT2D eigenvalue weighted by Gasteiger charge is -2.08. The number of aryl methyl sites for hydroxylation is 1. The van der Waals surface area contributed by atoms with Gasteiger partial charge < -0.3 is 4.42 Å². The molecule has 3 rings (SSSR count). The molecule has 136 valence electrons. The van der Waals surface area contributed by atoms with E-state index in [2.05, 4.69) is 14.9 Å². The van der Waals surface area contributed by atoms with Crippen LogP contribution in [-0.2, 0) is 16.4 Å². The standard InChI is InChI=1S/C17H15ClFN3O3S/c1-11-10-14(19)6-7-15(11)26(23,24)20-9-8-16-21-22-17(25-16)12-2-4-13(18)5-3-12/h2-7,10,20H,8-9H2,1H3. The molecule has 26 heavy (non-hydrogen) atoms. The highest BCUT2D eigenvalue weighted by Gasteiger charge is 2.17. The first-order valence-electron chi connectivity index (χ1n) is 7.69. The SMILES string of the molecule is Cc1cc(F)ccc1S(=O)(=O)NCCc1nnc(-c2ccc(Cl)cc2)o1. The molecule has 1 heterocycles. The van der Waals surface area contributed by atoms with Crippen molar-refractivity contribution in [2.24, 2.45) is 0 Å². The van der Waals surface area contributed by atoms with Crippen LogP contribution in [0, 0.1) is 12.7 Å². The van der Waals surface area contributed by atoms with E-state index in [1.807, 2.05) is 0 Å². The van der Waals surface area contributed by atoms with Gasteiger partial charge in [0.15, 0.2) is 0 Å². The number of hydrogen-bond acceptors (Lipinski definition) is 5. The molecule has 0 bridgehead atoms. The molecule has 6 nitrogen and oxygen atoms in total. The molecule has 0 aliphatic rings. The van der Waals surface area contributed by atoms with Crippen molar-refractivity contribution in [3.05, 3.63) is 64.8 Å². The molecule has 9 heteroatoms. The van der Waals surface area contributed by atoms with E-state index in [-0.39, 0.29) is 17.9 Å². The Labute approximate surface area is 155 Å². The smallest absolute Gasteiger partial charge is 0.247 e. The lowest BCUT2D eigenvalue weighted by atomic mass is 10.2. The lowest BCUT2D eigenvalue weighted by Crippen LogP contribution is -2.26. The van der Waals surface area contributed by atoms with Crippen LogP contribution in [0.15, 0.2) is 51.8 Å². The van der Waals surface area contributed by atoms with E-state index in [1.165, 1.54) is 19.1 Å². The van der Waals surface area contributed by atoms with Crippen molar-refractivity contribution >= 4 is 21.6 Å². The van der Waals surface area contributed by atoms with E-state index < -0.39 is 15.8 Å². The number of rotatable bonds is 6. The average molecular weight is 396 g/mol. The van der Waals surface area contributed by atoms with Crippen molar-refractivity contribution in [3.8, 4) is 11.5 Å². The Morgan fingerprint density at radius 2 is 1.88 bits per heavy atom. The third-order valence-corrected chi connectivity index (χ3v) is 5.49. The minimum atomic E-state index is -3.75. The summed E-state index contributed by atoms with van der Waals surface area (Å²) in [5, 5.41) is 8.43. The second-order valence-corrected chi connectivity index (χ2v) is 7.74. The summed E-state index contributed by atoms with van der Waals surface area (Å²) in [7, 11) is -3.75. The van der Waals surface area contributed by atoms with Crippen LogP contribution in [0.1, 0.15) is 11.5 Å². The molecular weight excluding hydrogens is 381 g/mol. The third-order valence-electron chi connectivity index (χ3n) is 3.62. The van der Waals surface area contributed by atoms with Gasteiger partial charge in [-0.25, -0.2) is 17.5 Å². The maximum atomic E-state index is 13.1. The van der Waals surface area contributed by atoms with Crippen LogP contribution < -0.4 is 4.72 Å². The quantitative estimate of drug-likeness (QED) is 0.691. The highest BCUT2D eigenvalue weighted by atomic mass is 35.5.